The van der Waals surface area contributed by atoms with Gasteiger partial charge in [-0.2, -0.15) is 0 Å². The van der Waals surface area contributed by atoms with Gasteiger partial charge >= 0.3 is 0 Å². The zero-order chi connectivity index (χ0) is 21.8. The van der Waals surface area contributed by atoms with Crippen molar-refractivity contribution in [1.29, 1.82) is 0 Å². The fourth-order valence-electron chi connectivity index (χ4n) is 4.39. The van der Waals surface area contributed by atoms with Crippen LogP contribution in [0, 0.1) is 0 Å². The molecule has 2 aliphatic rings. The van der Waals surface area contributed by atoms with Gasteiger partial charge in [-0.25, -0.2) is 0 Å². The molecular weight excluding hydrogens is 408 g/mol. The zero-order valence-electron chi connectivity index (χ0n) is 19.0. The van der Waals surface area contributed by atoms with E-state index < -0.39 is 0 Å². The maximum absolute atomic E-state index is 12.7. The van der Waals surface area contributed by atoms with Crippen LogP contribution in [0.4, 0.5) is 0 Å². The number of benzene rings is 1. The molecule has 0 N–H and O–H groups in total. The summed E-state index contributed by atoms with van der Waals surface area (Å²) in [6, 6.07) is 9.13. The standard InChI is InChI=1S/C24H34N4O2S/c1-24(2,3)19-11-9-18(10-12-19)22-25-26-23(28(22)20-7-5-4-6-8-20)31-17-21(29)27-13-15-30-16-14-27/h9-12,20H,4-8,13-17H2,1-3H3. The summed E-state index contributed by atoms with van der Waals surface area (Å²) in [5.41, 5.74) is 2.53. The number of rotatable bonds is 5. The van der Waals surface area contributed by atoms with Crippen LogP contribution in [0.25, 0.3) is 11.4 Å². The number of aromatic nitrogens is 3. The molecule has 1 saturated carbocycles. The van der Waals surface area contributed by atoms with Crippen molar-refractivity contribution in [1.82, 2.24) is 19.7 Å². The maximum atomic E-state index is 12.7. The summed E-state index contributed by atoms with van der Waals surface area (Å²) in [7, 11) is 0. The summed E-state index contributed by atoms with van der Waals surface area (Å²) in [6.07, 6.45) is 6.07. The highest BCUT2D eigenvalue weighted by Crippen LogP contribution is 2.36. The van der Waals surface area contributed by atoms with Gasteiger partial charge in [-0.15, -0.1) is 10.2 Å². The molecule has 1 saturated heterocycles. The van der Waals surface area contributed by atoms with E-state index in [1.165, 1.54) is 36.6 Å². The van der Waals surface area contributed by atoms with E-state index in [2.05, 4.69) is 59.8 Å². The Bertz CT molecular complexity index is 876. The topological polar surface area (TPSA) is 60.3 Å². The summed E-state index contributed by atoms with van der Waals surface area (Å²) < 4.78 is 7.67. The number of thioether (sulfide) groups is 1. The molecule has 1 amide bonds. The highest BCUT2D eigenvalue weighted by Gasteiger charge is 2.25. The van der Waals surface area contributed by atoms with E-state index in [0.29, 0.717) is 38.1 Å². The number of nitrogens with zero attached hydrogens (tertiary/aromatic N) is 4. The molecule has 0 radical (unpaired) electrons. The third-order valence-electron chi connectivity index (χ3n) is 6.30. The Balaban J connectivity index is 1.57. The summed E-state index contributed by atoms with van der Waals surface area (Å²) in [5, 5.41) is 9.99. The molecule has 2 heterocycles. The van der Waals surface area contributed by atoms with Gasteiger partial charge in [0.1, 0.15) is 0 Å². The van der Waals surface area contributed by atoms with Crippen molar-refractivity contribution in [3.8, 4) is 11.4 Å². The van der Waals surface area contributed by atoms with Gasteiger partial charge in [-0.05, 0) is 23.8 Å². The van der Waals surface area contributed by atoms with Gasteiger partial charge in [0.05, 0.1) is 19.0 Å². The Morgan fingerprint density at radius 2 is 1.74 bits per heavy atom. The summed E-state index contributed by atoms with van der Waals surface area (Å²) in [4.78, 5) is 14.6. The van der Waals surface area contributed by atoms with Crippen molar-refractivity contribution in [2.24, 2.45) is 0 Å². The monoisotopic (exact) mass is 442 g/mol. The lowest BCUT2D eigenvalue weighted by atomic mass is 9.86. The van der Waals surface area contributed by atoms with Gasteiger partial charge in [0.15, 0.2) is 11.0 Å². The van der Waals surface area contributed by atoms with Crippen LogP contribution in [-0.2, 0) is 14.9 Å². The van der Waals surface area contributed by atoms with E-state index in [1.807, 2.05) is 4.90 Å². The minimum absolute atomic E-state index is 0.121. The molecule has 168 valence electrons. The number of hydrogen-bond donors (Lipinski definition) is 0. The molecule has 1 aliphatic heterocycles. The molecule has 0 unspecified atom stereocenters. The number of hydrogen-bond acceptors (Lipinski definition) is 5. The van der Waals surface area contributed by atoms with Crippen molar-refractivity contribution < 1.29 is 9.53 Å². The Morgan fingerprint density at radius 1 is 1.06 bits per heavy atom. The SMILES string of the molecule is CC(C)(C)c1ccc(-c2nnc(SCC(=O)N3CCOCC3)n2C2CCCCC2)cc1. The first-order chi connectivity index (χ1) is 14.9. The van der Waals surface area contributed by atoms with E-state index in [9.17, 15) is 4.79 Å². The predicted molar refractivity (Wildman–Crippen MR) is 124 cm³/mol. The zero-order valence-corrected chi connectivity index (χ0v) is 19.8. The van der Waals surface area contributed by atoms with Crippen molar-refractivity contribution in [3.05, 3.63) is 29.8 Å². The molecule has 4 rings (SSSR count). The van der Waals surface area contributed by atoms with Gasteiger partial charge in [-0.3, -0.25) is 9.36 Å². The Kier molecular flexibility index (Phi) is 7.02. The van der Waals surface area contributed by atoms with Crippen LogP contribution < -0.4 is 0 Å². The molecule has 1 aromatic heterocycles. The highest BCUT2D eigenvalue weighted by molar-refractivity contribution is 7.99. The lowest BCUT2D eigenvalue weighted by Crippen LogP contribution is -2.41. The van der Waals surface area contributed by atoms with Gasteiger partial charge in [0, 0.05) is 24.7 Å². The van der Waals surface area contributed by atoms with Crippen molar-refractivity contribution in [2.45, 2.75) is 69.5 Å². The van der Waals surface area contributed by atoms with E-state index in [0.717, 1.165) is 29.4 Å². The van der Waals surface area contributed by atoms with Gasteiger partial charge in [0.25, 0.3) is 0 Å². The molecule has 0 spiro atoms. The lowest BCUT2D eigenvalue weighted by molar-refractivity contribution is -0.132. The molecule has 1 aliphatic carbocycles. The molecule has 1 aromatic carbocycles. The van der Waals surface area contributed by atoms with E-state index >= 15 is 0 Å². The molecule has 0 bridgehead atoms. The third-order valence-corrected chi connectivity index (χ3v) is 7.23. The fourth-order valence-corrected chi connectivity index (χ4v) is 5.30. The summed E-state index contributed by atoms with van der Waals surface area (Å²) in [5.74, 6) is 1.48. The molecule has 6 nitrogen and oxygen atoms in total. The summed E-state index contributed by atoms with van der Waals surface area (Å²) in [6.45, 7) is 9.30. The second-order valence-corrected chi connectivity index (χ2v) is 10.5. The molecule has 0 atom stereocenters. The van der Waals surface area contributed by atoms with Crippen LogP contribution in [0.15, 0.2) is 29.4 Å². The quantitative estimate of drug-likeness (QED) is 0.628. The second-order valence-electron chi connectivity index (χ2n) is 9.58. The van der Waals surface area contributed by atoms with Crippen LogP contribution in [0.3, 0.4) is 0 Å². The lowest BCUT2D eigenvalue weighted by Gasteiger charge is -2.27. The third kappa shape index (κ3) is 5.32. The van der Waals surface area contributed by atoms with Gasteiger partial charge in [0.2, 0.25) is 5.91 Å². The highest BCUT2D eigenvalue weighted by atomic mass is 32.2. The minimum Gasteiger partial charge on any atom is -0.378 e. The van der Waals surface area contributed by atoms with Crippen LogP contribution in [0.5, 0.6) is 0 Å². The van der Waals surface area contributed by atoms with Gasteiger partial charge < -0.3 is 9.64 Å². The smallest absolute Gasteiger partial charge is 0.233 e. The molecule has 2 aromatic rings. The first-order valence-corrected chi connectivity index (χ1v) is 12.5. The van der Waals surface area contributed by atoms with Gasteiger partial charge in [-0.1, -0.05) is 76.1 Å². The molecule has 7 heteroatoms. The molecular formula is C24H34N4O2S. The number of morpholine rings is 1. The van der Waals surface area contributed by atoms with Crippen LogP contribution in [-0.4, -0.2) is 57.6 Å². The van der Waals surface area contributed by atoms with Crippen LogP contribution in [0.2, 0.25) is 0 Å². The largest absolute Gasteiger partial charge is 0.378 e. The fraction of sp³-hybridized carbons (Fsp3) is 0.625. The Labute approximate surface area is 189 Å². The Hall–Kier alpha value is -1.86. The number of carbonyl (C=O) groups excluding carboxylic acids is 1. The maximum Gasteiger partial charge on any atom is 0.233 e. The molecule has 2 fully saturated rings. The Morgan fingerprint density at radius 3 is 2.39 bits per heavy atom. The van der Waals surface area contributed by atoms with Crippen molar-refractivity contribution >= 4 is 17.7 Å². The van der Waals surface area contributed by atoms with Crippen molar-refractivity contribution in [3.63, 3.8) is 0 Å². The average molecular weight is 443 g/mol. The van der Waals surface area contributed by atoms with E-state index in [1.54, 1.807) is 0 Å². The van der Waals surface area contributed by atoms with E-state index in [-0.39, 0.29) is 11.3 Å². The number of carbonyl (C=O) groups is 1. The minimum atomic E-state index is 0.121. The summed E-state index contributed by atoms with van der Waals surface area (Å²) >= 11 is 1.52. The van der Waals surface area contributed by atoms with Crippen molar-refractivity contribution in [2.75, 3.05) is 32.1 Å². The predicted octanol–water partition coefficient (Wildman–Crippen LogP) is 4.70. The average Bonchev–Trinajstić information content (AvgIpc) is 3.22. The molecule has 31 heavy (non-hydrogen) atoms. The second kappa shape index (κ2) is 9.74. The van der Waals surface area contributed by atoms with Crippen LogP contribution in [0.1, 0.15) is 64.5 Å². The normalized spacial score (nSPS) is 18.4. The number of amides is 1. The first-order valence-electron chi connectivity index (χ1n) is 11.5. The number of ether oxygens (including phenoxy) is 1. The first kappa shape index (κ1) is 22.3. The van der Waals surface area contributed by atoms with E-state index in [4.69, 9.17) is 4.74 Å². The van der Waals surface area contributed by atoms with Crippen LogP contribution >= 0.6 is 11.8 Å².